The minimum Gasteiger partial charge on any atom is -0.481 e. The highest BCUT2D eigenvalue weighted by atomic mass is 16.5. The fourth-order valence-corrected chi connectivity index (χ4v) is 5.47. The quantitative estimate of drug-likeness (QED) is 0.0469. The maximum Gasteiger partial charge on any atom is 0.307 e. The highest BCUT2D eigenvalue weighted by Gasteiger charge is 2.17. The number of ether oxygens (including phenoxy) is 1. The Morgan fingerprint density at radius 1 is 0.548 bits per heavy atom. The maximum atomic E-state index is 12.3. The minimum absolute atomic E-state index is 0.0769. The van der Waals surface area contributed by atoms with Crippen LogP contribution in [-0.4, -0.2) is 23.1 Å². The predicted octanol–water partition coefficient (Wildman–Crippen LogP) is 12.4. The van der Waals surface area contributed by atoms with Crippen molar-refractivity contribution in [2.75, 3.05) is 0 Å². The summed E-state index contributed by atoms with van der Waals surface area (Å²) in [5.74, 6) is -1.11. The van der Waals surface area contributed by atoms with Crippen molar-refractivity contribution in [3.63, 3.8) is 0 Å². The van der Waals surface area contributed by atoms with Crippen molar-refractivity contribution in [3.8, 4) is 0 Å². The van der Waals surface area contributed by atoms with Crippen LogP contribution in [0.2, 0.25) is 0 Å². The number of hydrogen-bond acceptors (Lipinski definition) is 3. The molecule has 4 nitrogen and oxygen atoms in total. The Morgan fingerprint density at radius 2 is 0.952 bits per heavy atom. The first-order chi connectivity index (χ1) is 20.6. The third kappa shape index (κ3) is 32.9. The normalized spacial score (nSPS) is 12.4. The fraction of sp³-hybridized carbons (Fsp3) is 0.842. The Bertz CT molecular complexity index is 639. The number of hydrogen-bond donors (Lipinski definition) is 1. The molecule has 0 fully saturated rings. The first-order valence-corrected chi connectivity index (χ1v) is 18.3. The maximum absolute atomic E-state index is 12.3. The van der Waals surface area contributed by atoms with Crippen LogP contribution < -0.4 is 0 Å². The van der Waals surface area contributed by atoms with E-state index in [1.54, 1.807) is 0 Å². The molecule has 0 saturated heterocycles. The van der Waals surface area contributed by atoms with Crippen LogP contribution in [0.1, 0.15) is 200 Å². The molecular weight excluding hydrogens is 520 g/mol. The Labute approximate surface area is 261 Å². The Kier molecular flexibility index (Phi) is 32.6. The average Bonchev–Trinajstić information content (AvgIpc) is 2.96. The largest absolute Gasteiger partial charge is 0.481 e. The molecule has 0 aromatic rings. The van der Waals surface area contributed by atoms with Gasteiger partial charge in [-0.05, 0) is 51.4 Å². The molecule has 0 spiro atoms. The fourth-order valence-electron chi connectivity index (χ4n) is 5.47. The van der Waals surface area contributed by atoms with Gasteiger partial charge in [0.05, 0.1) is 6.42 Å². The third-order valence-electron chi connectivity index (χ3n) is 8.16. The molecule has 1 unspecified atom stereocenters. The van der Waals surface area contributed by atoms with Crippen LogP contribution in [-0.2, 0) is 14.3 Å². The molecule has 0 aromatic heterocycles. The summed E-state index contributed by atoms with van der Waals surface area (Å²) >= 11 is 0. The van der Waals surface area contributed by atoms with Gasteiger partial charge in [0.25, 0.3) is 0 Å². The van der Waals surface area contributed by atoms with Gasteiger partial charge in [0, 0.05) is 6.42 Å². The van der Waals surface area contributed by atoms with E-state index in [2.05, 4.69) is 38.2 Å². The number of aliphatic carboxylic acids is 1. The highest BCUT2D eigenvalue weighted by Crippen LogP contribution is 2.17. The van der Waals surface area contributed by atoms with Gasteiger partial charge < -0.3 is 9.84 Å². The van der Waals surface area contributed by atoms with E-state index in [4.69, 9.17) is 4.74 Å². The van der Waals surface area contributed by atoms with Crippen molar-refractivity contribution in [1.29, 1.82) is 0 Å². The molecule has 0 saturated carbocycles. The molecule has 42 heavy (non-hydrogen) atoms. The molecule has 0 rings (SSSR count). The van der Waals surface area contributed by atoms with Gasteiger partial charge in [0.1, 0.15) is 6.10 Å². The second-order valence-electron chi connectivity index (χ2n) is 12.4. The van der Waals surface area contributed by atoms with E-state index in [0.717, 1.165) is 44.9 Å². The molecule has 4 heteroatoms. The average molecular weight is 591 g/mol. The molecular formula is C38H70O4. The zero-order valence-corrected chi connectivity index (χ0v) is 28.1. The van der Waals surface area contributed by atoms with Crippen LogP contribution in [0.5, 0.6) is 0 Å². The van der Waals surface area contributed by atoms with Crippen molar-refractivity contribution < 1.29 is 19.4 Å². The number of allylic oxidation sites excluding steroid dienone is 4. The van der Waals surface area contributed by atoms with Gasteiger partial charge in [-0.25, -0.2) is 0 Å². The second kappa shape index (κ2) is 33.9. The molecule has 0 aromatic carbocycles. The van der Waals surface area contributed by atoms with Gasteiger partial charge in [-0.3, -0.25) is 9.59 Å². The van der Waals surface area contributed by atoms with E-state index < -0.39 is 12.1 Å². The van der Waals surface area contributed by atoms with Crippen molar-refractivity contribution in [2.24, 2.45) is 0 Å². The smallest absolute Gasteiger partial charge is 0.307 e. The van der Waals surface area contributed by atoms with Gasteiger partial charge in [-0.2, -0.15) is 0 Å². The van der Waals surface area contributed by atoms with Gasteiger partial charge in [0.2, 0.25) is 0 Å². The first kappa shape index (κ1) is 40.4. The number of carbonyl (C=O) groups is 2. The number of unbranched alkanes of at least 4 members (excludes halogenated alkanes) is 22. The third-order valence-corrected chi connectivity index (χ3v) is 8.16. The molecule has 246 valence electrons. The molecule has 0 radical (unpaired) electrons. The molecule has 0 aliphatic rings. The molecule has 0 aliphatic heterocycles. The summed E-state index contributed by atoms with van der Waals surface area (Å²) in [6.45, 7) is 4.51. The Hall–Kier alpha value is -1.58. The van der Waals surface area contributed by atoms with Gasteiger partial charge in [-0.1, -0.05) is 160 Å². The topological polar surface area (TPSA) is 63.6 Å². The number of rotatable bonds is 33. The first-order valence-electron chi connectivity index (χ1n) is 18.3. The summed E-state index contributed by atoms with van der Waals surface area (Å²) in [5.41, 5.74) is 0. The predicted molar refractivity (Wildman–Crippen MR) is 181 cm³/mol. The minimum atomic E-state index is -0.884. The highest BCUT2D eigenvalue weighted by molar-refractivity contribution is 5.71. The molecule has 0 heterocycles. The van der Waals surface area contributed by atoms with Crippen molar-refractivity contribution in [3.05, 3.63) is 24.3 Å². The molecule has 0 bridgehead atoms. The summed E-state index contributed by atoms with van der Waals surface area (Å²) < 4.78 is 5.57. The zero-order chi connectivity index (χ0) is 30.8. The van der Waals surface area contributed by atoms with Crippen LogP contribution in [0.4, 0.5) is 0 Å². The standard InChI is InChI=1S/C38H70O4/c1-3-5-7-9-11-13-15-17-19-21-23-25-27-29-31-33-36(35-37(39)40)42-38(41)34-32-30-28-26-24-22-20-18-16-14-12-10-8-6-4-2/h12,14,18,20,36H,3-11,13,15-17,19,21-35H2,1-2H3,(H,39,40)/b14-12-,20-18-. The lowest BCUT2D eigenvalue weighted by molar-refractivity contribution is -0.153. The molecule has 1 atom stereocenters. The summed E-state index contributed by atoms with van der Waals surface area (Å²) in [7, 11) is 0. The van der Waals surface area contributed by atoms with Crippen LogP contribution in [0, 0.1) is 0 Å². The zero-order valence-electron chi connectivity index (χ0n) is 28.1. The summed E-state index contributed by atoms with van der Waals surface area (Å²) in [6, 6.07) is 0. The SMILES string of the molecule is CCCCC/C=C\C/C=C\CCCCCCCC(=O)OC(CCCCCCCCCCCCCCCCC)CC(=O)O. The number of esters is 1. The van der Waals surface area contributed by atoms with Crippen LogP contribution >= 0.6 is 0 Å². The molecule has 0 amide bonds. The van der Waals surface area contributed by atoms with Gasteiger partial charge in [-0.15, -0.1) is 0 Å². The van der Waals surface area contributed by atoms with Gasteiger partial charge >= 0.3 is 11.9 Å². The van der Waals surface area contributed by atoms with Crippen molar-refractivity contribution in [1.82, 2.24) is 0 Å². The van der Waals surface area contributed by atoms with E-state index in [-0.39, 0.29) is 12.4 Å². The molecule has 1 N–H and O–H groups in total. The van der Waals surface area contributed by atoms with Crippen molar-refractivity contribution >= 4 is 11.9 Å². The van der Waals surface area contributed by atoms with Crippen molar-refractivity contribution in [2.45, 2.75) is 206 Å². The second-order valence-corrected chi connectivity index (χ2v) is 12.4. The van der Waals surface area contributed by atoms with E-state index in [1.807, 2.05) is 0 Å². The summed E-state index contributed by atoms with van der Waals surface area (Å²) in [6.07, 6.45) is 41.9. The number of carbonyl (C=O) groups excluding carboxylic acids is 1. The van der Waals surface area contributed by atoms with Crippen LogP contribution in [0.15, 0.2) is 24.3 Å². The van der Waals surface area contributed by atoms with E-state index in [0.29, 0.717) is 12.8 Å². The lowest BCUT2D eigenvalue weighted by Crippen LogP contribution is -2.21. The van der Waals surface area contributed by atoms with E-state index in [9.17, 15) is 14.7 Å². The Balaban J connectivity index is 3.69. The Morgan fingerprint density at radius 3 is 1.45 bits per heavy atom. The number of carboxylic acid groups (broad SMARTS) is 1. The monoisotopic (exact) mass is 591 g/mol. The lowest BCUT2D eigenvalue weighted by atomic mass is 10.0. The van der Waals surface area contributed by atoms with E-state index in [1.165, 1.54) is 122 Å². The lowest BCUT2D eigenvalue weighted by Gasteiger charge is -2.16. The van der Waals surface area contributed by atoms with Crippen LogP contribution in [0.3, 0.4) is 0 Å². The summed E-state index contributed by atoms with van der Waals surface area (Å²) in [5, 5.41) is 9.24. The van der Waals surface area contributed by atoms with Crippen LogP contribution in [0.25, 0.3) is 0 Å². The van der Waals surface area contributed by atoms with E-state index >= 15 is 0 Å². The van der Waals surface area contributed by atoms with Gasteiger partial charge in [0.15, 0.2) is 0 Å². The number of carboxylic acids is 1. The summed E-state index contributed by atoms with van der Waals surface area (Å²) in [4.78, 5) is 23.6. The molecule has 0 aliphatic carbocycles.